The molecular weight excluding hydrogens is 329 g/mol. The molecule has 2 rings (SSSR count). The van der Waals surface area contributed by atoms with E-state index in [1.165, 1.54) is 12.1 Å². The third-order valence-electron chi connectivity index (χ3n) is 2.40. The van der Waals surface area contributed by atoms with Crippen molar-refractivity contribution in [1.82, 2.24) is 0 Å². The zero-order valence-corrected chi connectivity index (χ0v) is 10.7. The molecular formula is C12H6BrF3O3. The normalized spacial score (nSPS) is 11.6. The summed E-state index contributed by atoms with van der Waals surface area (Å²) in [6.07, 6.45) is -4.05. The van der Waals surface area contributed by atoms with Crippen LogP contribution in [0, 0.1) is 0 Å². The lowest BCUT2D eigenvalue weighted by molar-refractivity contribution is -0.153. The molecule has 1 heterocycles. The van der Waals surface area contributed by atoms with Crippen molar-refractivity contribution in [3.05, 3.63) is 46.3 Å². The fraction of sp³-hybridized carbons (Fsp3) is 0.0833. The molecule has 3 nitrogen and oxygen atoms in total. The summed E-state index contributed by atoms with van der Waals surface area (Å²) in [5.41, 5.74) is -0.669. The van der Waals surface area contributed by atoms with Crippen LogP contribution in [0.5, 0.6) is 0 Å². The summed E-state index contributed by atoms with van der Waals surface area (Å²) in [5.74, 6) is -3.19. The number of carboxylic acids is 1. The summed E-state index contributed by atoms with van der Waals surface area (Å²) in [5, 5.41) is 8.96. The Morgan fingerprint density at radius 2 is 2.00 bits per heavy atom. The summed E-state index contributed by atoms with van der Waals surface area (Å²) >= 11 is 3.17. The molecule has 0 bridgehead atoms. The van der Waals surface area contributed by atoms with Crippen molar-refractivity contribution in [3.8, 4) is 11.1 Å². The van der Waals surface area contributed by atoms with Crippen LogP contribution in [0.25, 0.3) is 11.1 Å². The van der Waals surface area contributed by atoms with Gasteiger partial charge < -0.3 is 9.52 Å². The number of carbonyl (C=O) groups is 1. The first-order valence-electron chi connectivity index (χ1n) is 4.98. The van der Waals surface area contributed by atoms with Crippen molar-refractivity contribution in [2.45, 2.75) is 6.18 Å². The van der Waals surface area contributed by atoms with E-state index in [9.17, 15) is 18.0 Å². The van der Waals surface area contributed by atoms with Gasteiger partial charge in [-0.3, -0.25) is 0 Å². The third kappa shape index (κ3) is 2.65. The van der Waals surface area contributed by atoms with Gasteiger partial charge in [0, 0.05) is 10.0 Å². The predicted octanol–water partition coefficient (Wildman–Crippen LogP) is 4.43. The van der Waals surface area contributed by atoms with Gasteiger partial charge in [0.25, 0.3) is 0 Å². The maximum absolute atomic E-state index is 12.7. The fourth-order valence-electron chi connectivity index (χ4n) is 1.65. The van der Waals surface area contributed by atoms with Crippen LogP contribution in [0.1, 0.15) is 16.1 Å². The van der Waals surface area contributed by atoms with Crippen molar-refractivity contribution in [2.75, 3.05) is 0 Å². The van der Waals surface area contributed by atoms with E-state index in [2.05, 4.69) is 20.3 Å². The van der Waals surface area contributed by atoms with Gasteiger partial charge >= 0.3 is 12.1 Å². The maximum atomic E-state index is 12.7. The van der Waals surface area contributed by atoms with E-state index in [-0.39, 0.29) is 5.56 Å². The number of alkyl halides is 3. The van der Waals surface area contributed by atoms with E-state index in [4.69, 9.17) is 5.11 Å². The molecule has 0 saturated carbocycles. The second kappa shape index (κ2) is 4.73. The molecule has 1 aromatic heterocycles. The highest BCUT2D eigenvalue weighted by Gasteiger charge is 2.41. The molecule has 7 heteroatoms. The van der Waals surface area contributed by atoms with Gasteiger partial charge in [-0.25, -0.2) is 4.79 Å². The van der Waals surface area contributed by atoms with Crippen LogP contribution < -0.4 is 0 Å². The van der Waals surface area contributed by atoms with Crippen molar-refractivity contribution < 1.29 is 27.5 Å². The van der Waals surface area contributed by atoms with E-state index in [1.54, 1.807) is 12.1 Å². The van der Waals surface area contributed by atoms with E-state index >= 15 is 0 Å². The zero-order valence-electron chi connectivity index (χ0n) is 9.16. The molecule has 0 aliphatic heterocycles. The minimum absolute atomic E-state index is 0.110. The number of hydrogen-bond acceptors (Lipinski definition) is 2. The van der Waals surface area contributed by atoms with Gasteiger partial charge in [-0.2, -0.15) is 13.2 Å². The molecule has 100 valence electrons. The Hall–Kier alpha value is -1.76. The topological polar surface area (TPSA) is 50.4 Å². The van der Waals surface area contributed by atoms with Crippen molar-refractivity contribution in [3.63, 3.8) is 0 Å². The van der Waals surface area contributed by atoms with Crippen LogP contribution in [0.15, 0.2) is 39.4 Å². The molecule has 0 saturated heterocycles. The molecule has 0 amide bonds. The highest BCUT2D eigenvalue weighted by atomic mass is 79.9. The van der Waals surface area contributed by atoms with Crippen LogP contribution in [0.3, 0.4) is 0 Å². The van der Waals surface area contributed by atoms with Gasteiger partial charge in [-0.05, 0) is 17.7 Å². The van der Waals surface area contributed by atoms with E-state index < -0.39 is 23.5 Å². The van der Waals surface area contributed by atoms with Crippen molar-refractivity contribution in [1.29, 1.82) is 0 Å². The predicted molar refractivity (Wildman–Crippen MR) is 63.8 cm³/mol. The van der Waals surface area contributed by atoms with Gasteiger partial charge in [0.1, 0.15) is 5.56 Å². The molecule has 0 fully saturated rings. The van der Waals surface area contributed by atoms with E-state index in [0.29, 0.717) is 10.0 Å². The Bertz CT molecular complexity index is 631. The van der Waals surface area contributed by atoms with Crippen molar-refractivity contribution in [2.24, 2.45) is 0 Å². The standard InChI is InChI=1S/C12H6BrF3O3/c13-7-3-1-2-6(4-7)8-5-19-10(12(14,15)16)9(8)11(17)18/h1-5H,(H,17,18). The number of carboxylic acid groups (broad SMARTS) is 1. The van der Waals surface area contributed by atoms with Gasteiger partial charge in [-0.1, -0.05) is 28.1 Å². The van der Waals surface area contributed by atoms with E-state index in [1.807, 2.05) is 0 Å². The van der Waals surface area contributed by atoms with Gasteiger partial charge in [-0.15, -0.1) is 0 Å². The van der Waals surface area contributed by atoms with Crippen LogP contribution in [-0.4, -0.2) is 11.1 Å². The Morgan fingerprint density at radius 1 is 1.32 bits per heavy atom. The Balaban J connectivity index is 2.66. The molecule has 0 aliphatic carbocycles. The molecule has 0 atom stereocenters. The number of rotatable bonds is 2. The Morgan fingerprint density at radius 3 is 2.53 bits per heavy atom. The summed E-state index contributed by atoms with van der Waals surface area (Å²) in [4.78, 5) is 11.0. The lowest BCUT2D eigenvalue weighted by Gasteiger charge is -2.05. The summed E-state index contributed by atoms with van der Waals surface area (Å²) in [7, 11) is 0. The average Bonchev–Trinajstić information content (AvgIpc) is 2.72. The minimum atomic E-state index is -4.85. The number of halogens is 4. The van der Waals surface area contributed by atoms with Crippen LogP contribution in [0.2, 0.25) is 0 Å². The number of furan rings is 1. The van der Waals surface area contributed by atoms with Gasteiger partial charge in [0.15, 0.2) is 0 Å². The molecule has 1 aromatic carbocycles. The quantitative estimate of drug-likeness (QED) is 0.884. The average molecular weight is 335 g/mol. The number of hydrogen-bond donors (Lipinski definition) is 1. The summed E-state index contributed by atoms with van der Waals surface area (Å²) in [6, 6.07) is 6.28. The first kappa shape index (κ1) is 13.7. The summed E-state index contributed by atoms with van der Waals surface area (Å²) in [6.45, 7) is 0. The molecule has 0 aliphatic rings. The Kier molecular flexibility index (Phi) is 3.40. The van der Waals surface area contributed by atoms with Crippen molar-refractivity contribution >= 4 is 21.9 Å². The molecule has 1 N–H and O–H groups in total. The molecule has 2 aromatic rings. The zero-order chi connectivity index (χ0) is 14.2. The first-order chi connectivity index (χ1) is 8.80. The monoisotopic (exact) mass is 334 g/mol. The molecule has 0 unspecified atom stereocenters. The van der Waals surface area contributed by atoms with Crippen LogP contribution in [-0.2, 0) is 6.18 Å². The lowest BCUT2D eigenvalue weighted by Crippen LogP contribution is -2.10. The van der Waals surface area contributed by atoms with Gasteiger partial charge in [0.2, 0.25) is 5.76 Å². The fourth-order valence-corrected chi connectivity index (χ4v) is 2.05. The second-order valence-electron chi connectivity index (χ2n) is 3.67. The lowest BCUT2D eigenvalue weighted by atomic mass is 10.0. The SMILES string of the molecule is O=C(O)c1c(-c2cccc(Br)c2)coc1C(F)(F)F. The van der Waals surface area contributed by atoms with Crippen LogP contribution in [0.4, 0.5) is 13.2 Å². The molecule has 0 spiro atoms. The third-order valence-corrected chi connectivity index (χ3v) is 2.89. The summed E-state index contributed by atoms with van der Waals surface area (Å²) < 4.78 is 43.0. The second-order valence-corrected chi connectivity index (χ2v) is 4.58. The molecule has 19 heavy (non-hydrogen) atoms. The Labute approximate surface area is 113 Å². The van der Waals surface area contributed by atoms with Crippen LogP contribution >= 0.6 is 15.9 Å². The van der Waals surface area contributed by atoms with Gasteiger partial charge in [0.05, 0.1) is 6.26 Å². The minimum Gasteiger partial charge on any atom is -0.478 e. The number of benzene rings is 1. The first-order valence-corrected chi connectivity index (χ1v) is 5.78. The molecule has 0 radical (unpaired) electrons. The van der Waals surface area contributed by atoms with E-state index in [0.717, 1.165) is 6.26 Å². The smallest absolute Gasteiger partial charge is 0.450 e. The largest absolute Gasteiger partial charge is 0.478 e. The highest BCUT2D eigenvalue weighted by molar-refractivity contribution is 9.10. The highest BCUT2D eigenvalue weighted by Crippen LogP contribution is 2.38. The maximum Gasteiger partial charge on any atom is 0.450 e. The number of aromatic carboxylic acids is 1.